The number of hydrogen-bond donors (Lipinski definition) is 4. The summed E-state index contributed by atoms with van der Waals surface area (Å²) in [4.78, 5) is 31.7. The minimum atomic E-state index is -1.15. The molecule has 1 fully saturated rings. The number of nitrogens with one attached hydrogen (secondary N) is 3. The van der Waals surface area contributed by atoms with E-state index in [0.717, 1.165) is 18.9 Å². The second-order valence-electron chi connectivity index (χ2n) is 7.62. The van der Waals surface area contributed by atoms with Gasteiger partial charge in [0.2, 0.25) is 11.9 Å². The van der Waals surface area contributed by atoms with E-state index in [-0.39, 0.29) is 23.2 Å². The highest BCUT2D eigenvalue weighted by atomic mass is 79.9. The van der Waals surface area contributed by atoms with Crippen molar-refractivity contribution in [3.8, 4) is 0 Å². The Morgan fingerprint density at radius 3 is 2.76 bits per heavy atom. The van der Waals surface area contributed by atoms with E-state index in [2.05, 4.69) is 41.8 Å². The van der Waals surface area contributed by atoms with Gasteiger partial charge in [0.25, 0.3) is 5.91 Å². The first-order valence-electron chi connectivity index (χ1n) is 10.8. The van der Waals surface area contributed by atoms with Crippen molar-refractivity contribution in [2.75, 3.05) is 36.0 Å². The van der Waals surface area contributed by atoms with Crippen molar-refractivity contribution in [1.82, 2.24) is 19.6 Å². The quantitative estimate of drug-likeness (QED) is 0.326. The molecular weight excluding hydrogens is 529 g/mol. The summed E-state index contributed by atoms with van der Waals surface area (Å²) in [5, 5.41) is 8.95. The third-order valence-corrected chi connectivity index (χ3v) is 7.33. The van der Waals surface area contributed by atoms with Gasteiger partial charge in [-0.3, -0.25) is 9.59 Å². The molecule has 0 aliphatic carbocycles. The van der Waals surface area contributed by atoms with Gasteiger partial charge in [0.05, 0.1) is 22.3 Å². The molecule has 1 saturated heterocycles. The Kier molecular flexibility index (Phi) is 9.45. The molecule has 1 unspecified atom stereocenters. The lowest BCUT2D eigenvalue weighted by molar-refractivity contribution is -0.120. The SMILES string of the molecule is CCC(=O)NCC[S+]([O-])N1CCC(Nc2ncc(Br)c(Nc3cccc(F)c3C(N)=O)n2)CC1. The number of halogens is 2. The van der Waals surface area contributed by atoms with Crippen LogP contribution in [0.15, 0.2) is 28.9 Å². The minimum absolute atomic E-state index is 0.0495. The zero-order valence-electron chi connectivity index (χ0n) is 18.6. The molecule has 0 bridgehead atoms. The van der Waals surface area contributed by atoms with Crippen LogP contribution in [-0.2, 0) is 16.2 Å². The van der Waals surface area contributed by atoms with Crippen LogP contribution in [0.3, 0.4) is 0 Å². The van der Waals surface area contributed by atoms with E-state index in [4.69, 9.17) is 5.73 Å². The Hall–Kier alpha value is -2.48. The minimum Gasteiger partial charge on any atom is -0.598 e. The number of aromatic nitrogens is 2. The molecule has 0 radical (unpaired) electrons. The lowest BCUT2D eigenvalue weighted by atomic mass is 10.1. The number of primary amides is 1. The fourth-order valence-electron chi connectivity index (χ4n) is 3.45. The maximum absolute atomic E-state index is 14.1. The zero-order valence-corrected chi connectivity index (χ0v) is 21.0. The van der Waals surface area contributed by atoms with E-state index < -0.39 is 23.1 Å². The molecular formula is C21H27BrFN7O3S. The Morgan fingerprint density at radius 2 is 2.09 bits per heavy atom. The van der Waals surface area contributed by atoms with Crippen LogP contribution in [0.4, 0.5) is 21.8 Å². The third-order valence-electron chi connectivity index (χ3n) is 5.25. The normalized spacial score (nSPS) is 15.5. The number of nitrogens with two attached hydrogens (primary N) is 1. The second-order valence-corrected chi connectivity index (χ2v) is 10.0. The highest BCUT2D eigenvalue weighted by Crippen LogP contribution is 2.28. The predicted octanol–water partition coefficient (Wildman–Crippen LogP) is 2.29. The second kappa shape index (κ2) is 12.3. The van der Waals surface area contributed by atoms with Crippen molar-refractivity contribution in [1.29, 1.82) is 0 Å². The number of carbonyl (C=O) groups excluding carboxylic acids is 2. The fourth-order valence-corrected chi connectivity index (χ4v) is 4.89. The van der Waals surface area contributed by atoms with Gasteiger partial charge >= 0.3 is 0 Å². The first-order chi connectivity index (χ1) is 16.3. The predicted molar refractivity (Wildman–Crippen MR) is 132 cm³/mol. The first kappa shape index (κ1) is 26.1. The van der Waals surface area contributed by atoms with E-state index >= 15 is 0 Å². The number of amides is 2. The highest BCUT2D eigenvalue weighted by molar-refractivity contribution is 9.10. The average molecular weight is 556 g/mol. The summed E-state index contributed by atoms with van der Waals surface area (Å²) in [7, 11) is 0. The summed E-state index contributed by atoms with van der Waals surface area (Å²) in [6, 6.07) is 4.24. The lowest BCUT2D eigenvalue weighted by Gasteiger charge is -2.32. The number of rotatable bonds is 10. The van der Waals surface area contributed by atoms with Crippen LogP contribution in [0.25, 0.3) is 0 Å². The molecule has 1 aliphatic rings. The first-order valence-corrected chi connectivity index (χ1v) is 12.9. The highest BCUT2D eigenvalue weighted by Gasteiger charge is 2.27. The summed E-state index contributed by atoms with van der Waals surface area (Å²) in [5.41, 5.74) is 5.26. The average Bonchev–Trinajstić information content (AvgIpc) is 2.81. The molecule has 1 atom stereocenters. The Balaban J connectivity index is 1.57. The molecule has 1 aromatic heterocycles. The summed E-state index contributed by atoms with van der Waals surface area (Å²) in [5.74, 6) is -0.560. The summed E-state index contributed by atoms with van der Waals surface area (Å²) in [6.07, 6.45) is 3.44. The molecule has 1 aromatic carbocycles. The summed E-state index contributed by atoms with van der Waals surface area (Å²) >= 11 is 2.21. The van der Waals surface area contributed by atoms with E-state index in [1.165, 1.54) is 12.1 Å². The maximum Gasteiger partial charge on any atom is 0.253 e. The van der Waals surface area contributed by atoms with E-state index in [9.17, 15) is 18.5 Å². The number of benzene rings is 1. The number of carbonyl (C=O) groups is 2. The van der Waals surface area contributed by atoms with Crippen LogP contribution in [0.5, 0.6) is 0 Å². The van der Waals surface area contributed by atoms with Crippen LogP contribution >= 0.6 is 15.9 Å². The summed E-state index contributed by atoms with van der Waals surface area (Å²) < 4.78 is 28.9. The smallest absolute Gasteiger partial charge is 0.253 e. The molecule has 0 saturated carbocycles. The molecule has 2 aromatic rings. The van der Waals surface area contributed by atoms with Crippen molar-refractivity contribution >= 4 is 56.6 Å². The largest absolute Gasteiger partial charge is 0.598 e. The van der Waals surface area contributed by atoms with Crippen molar-refractivity contribution in [3.05, 3.63) is 40.2 Å². The Labute approximate surface area is 208 Å². The molecule has 2 heterocycles. The maximum atomic E-state index is 14.1. The molecule has 5 N–H and O–H groups in total. The molecule has 13 heteroatoms. The molecule has 184 valence electrons. The van der Waals surface area contributed by atoms with Gasteiger partial charge in [0.15, 0.2) is 0 Å². The van der Waals surface area contributed by atoms with Crippen molar-refractivity contribution in [2.24, 2.45) is 5.73 Å². The van der Waals surface area contributed by atoms with E-state index in [1.807, 2.05) is 4.31 Å². The monoisotopic (exact) mass is 555 g/mol. The molecule has 0 spiro atoms. The standard InChI is InChI=1S/C21H27BrFN7O3S/c1-2-17(31)25-8-11-34(33)30-9-6-13(7-10-30)27-21-26-12-14(22)20(29-21)28-16-5-3-4-15(23)18(16)19(24)32/h3-5,12-13H,2,6-11H2,1H3,(H2,24,32)(H,25,31)(H2,26,27,28,29). The van der Waals surface area contributed by atoms with Crippen LogP contribution in [0.1, 0.15) is 36.5 Å². The van der Waals surface area contributed by atoms with Crippen LogP contribution in [0, 0.1) is 5.82 Å². The van der Waals surface area contributed by atoms with Gasteiger partial charge in [-0.05, 0) is 40.9 Å². The molecule has 10 nitrogen and oxygen atoms in total. The van der Waals surface area contributed by atoms with Gasteiger partial charge < -0.3 is 26.2 Å². The summed E-state index contributed by atoms with van der Waals surface area (Å²) in [6.45, 7) is 3.44. The molecule has 1 aliphatic heterocycles. The Bertz CT molecular complexity index is 1020. The van der Waals surface area contributed by atoms with Gasteiger partial charge in [-0.1, -0.05) is 13.0 Å². The van der Waals surface area contributed by atoms with Gasteiger partial charge in [-0.15, -0.1) is 4.31 Å². The number of anilines is 3. The number of hydrogen-bond acceptors (Lipinski definition) is 8. The Morgan fingerprint density at radius 1 is 1.35 bits per heavy atom. The van der Waals surface area contributed by atoms with E-state index in [0.29, 0.717) is 48.0 Å². The number of piperidine rings is 1. The van der Waals surface area contributed by atoms with Crippen LogP contribution in [0.2, 0.25) is 0 Å². The van der Waals surface area contributed by atoms with Crippen LogP contribution in [-0.4, -0.2) is 62.1 Å². The number of nitrogens with zero attached hydrogens (tertiary/aromatic N) is 3. The van der Waals surface area contributed by atoms with Gasteiger partial charge in [-0.2, -0.15) is 4.98 Å². The van der Waals surface area contributed by atoms with E-state index in [1.54, 1.807) is 13.1 Å². The third kappa shape index (κ3) is 7.01. The van der Waals surface area contributed by atoms with Gasteiger partial charge in [0.1, 0.15) is 17.4 Å². The fraction of sp³-hybridized carbons (Fsp3) is 0.429. The van der Waals surface area contributed by atoms with Crippen molar-refractivity contribution in [3.63, 3.8) is 0 Å². The van der Waals surface area contributed by atoms with Crippen LogP contribution < -0.4 is 21.7 Å². The zero-order chi connectivity index (χ0) is 24.7. The topological polar surface area (TPSA) is 148 Å². The van der Waals surface area contributed by atoms with Crippen molar-refractivity contribution < 1.29 is 18.5 Å². The van der Waals surface area contributed by atoms with Gasteiger partial charge in [0, 0.05) is 43.1 Å². The van der Waals surface area contributed by atoms with Crippen molar-refractivity contribution in [2.45, 2.75) is 32.2 Å². The molecule has 3 rings (SSSR count). The molecule has 2 amide bonds. The van der Waals surface area contributed by atoms with Gasteiger partial charge in [-0.25, -0.2) is 9.37 Å². The molecule has 34 heavy (non-hydrogen) atoms. The lowest BCUT2D eigenvalue weighted by Crippen LogP contribution is -2.44.